The number of aromatic nitrogens is 1. The van der Waals surface area contributed by atoms with Crippen LogP contribution in [0, 0.1) is 12.8 Å². The molecule has 43 heavy (non-hydrogen) atoms. The van der Waals surface area contributed by atoms with E-state index in [1.54, 1.807) is 16.7 Å². The number of rotatable bonds is 5. The molecule has 6 heteroatoms. The molecule has 0 spiro atoms. The van der Waals surface area contributed by atoms with Crippen LogP contribution >= 0.6 is 0 Å². The summed E-state index contributed by atoms with van der Waals surface area (Å²) in [6.07, 6.45) is 11.0. The van der Waals surface area contributed by atoms with Crippen LogP contribution in [0.1, 0.15) is 56.6 Å². The molecule has 1 saturated carbocycles. The molecule has 0 saturated heterocycles. The summed E-state index contributed by atoms with van der Waals surface area (Å²) in [5, 5.41) is 1.44. The van der Waals surface area contributed by atoms with E-state index in [0.717, 1.165) is 58.2 Å². The Hall–Kier alpha value is -3.90. The first kappa shape index (κ1) is 29.2. The number of nitrogens with zero attached hydrogens (tertiary/aromatic N) is 1. The summed E-state index contributed by atoms with van der Waals surface area (Å²) in [4.78, 5) is 13.9. The van der Waals surface area contributed by atoms with Crippen molar-refractivity contribution < 1.29 is 17.9 Å². The van der Waals surface area contributed by atoms with Crippen molar-refractivity contribution >= 4 is 16.5 Å². The van der Waals surface area contributed by atoms with E-state index in [0.29, 0.717) is 10.9 Å². The van der Waals surface area contributed by atoms with Gasteiger partial charge in [-0.15, -0.1) is 0 Å². The fourth-order valence-corrected chi connectivity index (χ4v) is 6.52. The molecule has 2 aromatic carbocycles. The molecule has 0 radical (unpaired) electrons. The van der Waals surface area contributed by atoms with Gasteiger partial charge in [0.2, 0.25) is 0 Å². The molecule has 1 fully saturated rings. The van der Waals surface area contributed by atoms with Crippen LogP contribution < -0.4 is 5.56 Å². The molecule has 4 atom stereocenters. The Kier molecular flexibility index (Phi) is 7.67. The van der Waals surface area contributed by atoms with E-state index >= 15 is 0 Å². The molecule has 1 aromatic heterocycles. The lowest BCUT2D eigenvalue weighted by Gasteiger charge is -2.15. The van der Waals surface area contributed by atoms with Crippen molar-refractivity contribution in [1.29, 1.82) is 0 Å². The number of hydrogen-bond acceptors (Lipinski definition) is 2. The molecule has 222 valence electrons. The maximum absolute atomic E-state index is 13.9. The number of benzene rings is 2. The normalized spacial score (nSPS) is 24.2. The maximum atomic E-state index is 13.9. The van der Waals surface area contributed by atoms with Crippen LogP contribution in [0.5, 0.6) is 0 Å². The number of fused-ring (bicyclic) bond motifs is 1. The second-order valence-corrected chi connectivity index (χ2v) is 12.2. The van der Waals surface area contributed by atoms with Crippen molar-refractivity contribution in [2.45, 2.75) is 70.8 Å². The predicted octanol–water partition coefficient (Wildman–Crippen LogP) is 9.44. The largest absolute Gasteiger partial charge is 0.392 e. The number of hydrogen-bond donors (Lipinski definition) is 0. The number of allylic oxidation sites excluding steroid dienone is 7. The highest BCUT2D eigenvalue weighted by Crippen LogP contribution is 2.56. The van der Waals surface area contributed by atoms with Gasteiger partial charge in [0, 0.05) is 17.3 Å². The SMILES string of the molecule is C=C1C=CC(n2cc(C)c3c(-c4ccc(C5CC5C(F)(F)F)cc4)cccc3c2=O)=CC=C1CC1=CCC(C)OC(C)C1. The number of ether oxygens (including phenoxy) is 1. The van der Waals surface area contributed by atoms with Crippen LogP contribution in [0.25, 0.3) is 27.6 Å². The minimum absolute atomic E-state index is 0.130. The number of pyridine rings is 1. The van der Waals surface area contributed by atoms with Crippen molar-refractivity contribution in [2.75, 3.05) is 0 Å². The average Bonchev–Trinajstić information content (AvgIpc) is 3.81. The first-order valence-electron chi connectivity index (χ1n) is 14.9. The third kappa shape index (κ3) is 5.98. The Morgan fingerprint density at radius 2 is 1.79 bits per heavy atom. The van der Waals surface area contributed by atoms with Crippen LogP contribution in [0.15, 0.2) is 107 Å². The fourth-order valence-electron chi connectivity index (χ4n) is 6.52. The van der Waals surface area contributed by atoms with Crippen LogP contribution in [-0.2, 0) is 4.74 Å². The molecule has 1 aliphatic heterocycles. The summed E-state index contributed by atoms with van der Waals surface area (Å²) >= 11 is 0. The topological polar surface area (TPSA) is 31.2 Å². The summed E-state index contributed by atoms with van der Waals surface area (Å²) in [6, 6.07) is 13.0. The highest BCUT2D eigenvalue weighted by Gasteiger charge is 2.56. The van der Waals surface area contributed by atoms with Gasteiger partial charge in [-0.1, -0.05) is 66.8 Å². The van der Waals surface area contributed by atoms with Crippen molar-refractivity contribution in [3.05, 3.63) is 124 Å². The third-order valence-corrected chi connectivity index (χ3v) is 8.86. The third-order valence-electron chi connectivity index (χ3n) is 8.86. The summed E-state index contributed by atoms with van der Waals surface area (Å²) in [6.45, 7) is 10.5. The smallest absolute Gasteiger partial charge is 0.375 e. The van der Waals surface area contributed by atoms with Gasteiger partial charge in [-0.2, -0.15) is 13.2 Å². The van der Waals surface area contributed by atoms with Gasteiger partial charge >= 0.3 is 6.18 Å². The Bertz CT molecular complexity index is 1770. The average molecular weight is 584 g/mol. The predicted molar refractivity (Wildman–Crippen MR) is 168 cm³/mol. The molecule has 0 N–H and O–H groups in total. The Morgan fingerprint density at radius 1 is 1.02 bits per heavy atom. The quantitative estimate of drug-likeness (QED) is 0.280. The van der Waals surface area contributed by atoms with Gasteiger partial charge in [0.1, 0.15) is 0 Å². The van der Waals surface area contributed by atoms with Crippen molar-refractivity contribution in [2.24, 2.45) is 5.92 Å². The molecule has 0 amide bonds. The van der Waals surface area contributed by atoms with Crippen LogP contribution in [0.2, 0.25) is 0 Å². The molecule has 6 rings (SSSR count). The van der Waals surface area contributed by atoms with Crippen molar-refractivity contribution in [1.82, 2.24) is 4.57 Å². The van der Waals surface area contributed by atoms with E-state index in [2.05, 4.69) is 32.6 Å². The molecule has 3 nitrogen and oxygen atoms in total. The number of halogens is 3. The Labute approximate surface area is 250 Å². The van der Waals surface area contributed by atoms with Crippen LogP contribution in [-0.4, -0.2) is 23.0 Å². The second-order valence-electron chi connectivity index (χ2n) is 12.2. The van der Waals surface area contributed by atoms with E-state index in [-0.39, 0.29) is 24.2 Å². The monoisotopic (exact) mass is 583 g/mol. The Morgan fingerprint density at radius 3 is 2.51 bits per heavy atom. The lowest BCUT2D eigenvalue weighted by atomic mass is 9.95. The minimum atomic E-state index is -4.15. The molecule has 0 bridgehead atoms. The molecule has 2 aliphatic carbocycles. The molecule has 3 aliphatic rings. The van der Waals surface area contributed by atoms with Gasteiger partial charge in [0.05, 0.1) is 18.1 Å². The van der Waals surface area contributed by atoms with Crippen molar-refractivity contribution in [3.8, 4) is 11.1 Å². The van der Waals surface area contributed by atoms with E-state index in [4.69, 9.17) is 4.74 Å². The highest BCUT2D eigenvalue weighted by molar-refractivity contribution is 5.98. The van der Waals surface area contributed by atoms with E-state index in [1.165, 1.54) is 5.57 Å². The van der Waals surface area contributed by atoms with Gasteiger partial charge in [0.25, 0.3) is 5.56 Å². The van der Waals surface area contributed by atoms with Gasteiger partial charge in [-0.05, 0) is 109 Å². The summed E-state index contributed by atoms with van der Waals surface area (Å²) < 4.78 is 46.9. The minimum Gasteiger partial charge on any atom is -0.375 e. The zero-order valence-electron chi connectivity index (χ0n) is 24.7. The molecular weight excluding hydrogens is 547 g/mol. The summed E-state index contributed by atoms with van der Waals surface area (Å²) in [5.74, 6) is -1.71. The van der Waals surface area contributed by atoms with Gasteiger partial charge in [-0.25, -0.2) is 0 Å². The maximum Gasteiger partial charge on any atom is 0.392 e. The zero-order chi connectivity index (χ0) is 30.5. The number of alkyl halides is 3. The van der Waals surface area contributed by atoms with Crippen LogP contribution in [0.3, 0.4) is 0 Å². The van der Waals surface area contributed by atoms with Crippen LogP contribution in [0.4, 0.5) is 13.2 Å². The summed E-state index contributed by atoms with van der Waals surface area (Å²) in [7, 11) is 0. The first-order chi connectivity index (χ1) is 20.5. The molecule has 3 aromatic rings. The first-order valence-corrected chi connectivity index (χ1v) is 14.9. The second kappa shape index (κ2) is 11.3. The standard InChI is InChI=1S/C37H36F3NO2/c1-22-8-16-30(17-15-29(22)19-26-10-9-24(3)43-25(4)18-26)41-21-23(2)35-31(6-5-7-32(35)36(41)42)27-11-13-28(14-12-27)33-20-34(33)37(38,39)40/h5-8,10-17,21,24-25,33-34H,1,9,18-20H2,2-4H3. The molecule has 4 unspecified atom stereocenters. The fraction of sp³-hybridized carbons (Fsp3) is 0.324. The van der Waals surface area contributed by atoms with Gasteiger partial charge in [0.15, 0.2) is 0 Å². The van der Waals surface area contributed by atoms with E-state index in [9.17, 15) is 18.0 Å². The molecular formula is C37H36F3NO2. The van der Waals surface area contributed by atoms with Crippen molar-refractivity contribution in [3.63, 3.8) is 0 Å². The zero-order valence-corrected chi connectivity index (χ0v) is 24.7. The molecule has 2 heterocycles. The van der Waals surface area contributed by atoms with Gasteiger partial charge < -0.3 is 4.74 Å². The van der Waals surface area contributed by atoms with E-state index < -0.39 is 18.0 Å². The lowest BCUT2D eigenvalue weighted by molar-refractivity contribution is -0.148. The lowest BCUT2D eigenvalue weighted by Crippen LogP contribution is -2.19. The number of aryl methyl sites for hydroxylation is 1. The summed E-state index contributed by atoms with van der Waals surface area (Å²) in [5.41, 5.74) is 7.40. The highest BCUT2D eigenvalue weighted by atomic mass is 19.4. The Balaban J connectivity index is 1.31. The van der Waals surface area contributed by atoms with E-state index in [1.807, 2.05) is 61.7 Å². The van der Waals surface area contributed by atoms with Gasteiger partial charge in [-0.3, -0.25) is 9.36 Å².